The van der Waals surface area contributed by atoms with Crippen LogP contribution >= 0.6 is 0 Å². The molecule has 0 saturated heterocycles. The molecule has 0 aliphatic rings. The zero-order valence-corrected chi connectivity index (χ0v) is 11.2. The average Bonchev–Trinajstić information content (AvgIpc) is 2.86. The van der Waals surface area contributed by atoms with Crippen LogP contribution in [0, 0.1) is 0 Å². The van der Waals surface area contributed by atoms with E-state index in [-0.39, 0.29) is 24.7 Å². The Bertz CT molecular complexity index is 458. The lowest BCUT2D eigenvalue weighted by atomic mass is 10.1. The maximum atomic E-state index is 11.6. The molecule has 1 atom stereocenters. The van der Waals surface area contributed by atoms with Crippen molar-refractivity contribution in [2.45, 2.75) is 32.2 Å². The van der Waals surface area contributed by atoms with Crippen LogP contribution in [0.15, 0.2) is 12.5 Å². The van der Waals surface area contributed by atoms with Crippen molar-refractivity contribution in [1.29, 1.82) is 0 Å². The van der Waals surface area contributed by atoms with Crippen molar-refractivity contribution in [2.75, 3.05) is 6.54 Å². The number of carbonyl (C=O) groups excluding carboxylic acids is 2. The number of nitrogens with one attached hydrogen (secondary N) is 3. The molecule has 1 aromatic rings. The first-order valence-corrected chi connectivity index (χ1v) is 6.23. The maximum Gasteiger partial charge on any atom is 0.326 e. The molecule has 1 aromatic heterocycles. The molecule has 0 saturated carbocycles. The lowest BCUT2D eigenvalue weighted by Gasteiger charge is -2.13. The van der Waals surface area contributed by atoms with Gasteiger partial charge in [0.2, 0.25) is 11.8 Å². The number of nitrogens with zero attached hydrogens (tertiary/aromatic N) is 1. The quantitative estimate of drug-likeness (QED) is 0.476. The number of hydrogen-bond donors (Lipinski definition) is 4. The Balaban J connectivity index is 2.35. The number of carboxylic acids is 1. The Morgan fingerprint density at radius 1 is 1.45 bits per heavy atom. The van der Waals surface area contributed by atoms with E-state index >= 15 is 0 Å². The Hall–Kier alpha value is -2.38. The third-order valence-electron chi connectivity index (χ3n) is 2.57. The van der Waals surface area contributed by atoms with Gasteiger partial charge in [0.1, 0.15) is 6.04 Å². The second-order valence-electron chi connectivity index (χ2n) is 4.33. The van der Waals surface area contributed by atoms with E-state index in [9.17, 15) is 14.4 Å². The summed E-state index contributed by atoms with van der Waals surface area (Å²) in [5.74, 6) is -1.62. The first-order valence-electron chi connectivity index (χ1n) is 6.23. The Kier molecular flexibility index (Phi) is 6.21. The topological polar surface area (TPSA) is 124 Å². The number of rotatable bonds is 8. The highest BCUT2D eigenvalue weighted by atomic mass is 16.4. The molecule has 0 spiro atoms. The lowest BCUT2D eigenvalue weighted by Crippen LogP contribution is -2.42. The number of imidazole rings is 1. The highest BCUT2D eigenvalue weighted by molar-refractivity contribution is 5.83. The number of carbonyl (C=O) groups is 3. The number of hydrogen-bond acceptors (Lipinski definition) is 4. The van der Waals surface area contributed by atoms with E-state index < -0.39 is 12.0 Å². The van der Waals surface area contributed by atoms with E-state index in [1.807, 2.05) is 0 Å². The molecule has 0 aliphatic heterocycles. The lowest BCUT2D eigenvalue weighted by molar-refractivity contribution is -0.141. The fraction of sp³-hybridized carbons (Fsp3) is 0.500. The molecule has 1 rings (SSSR count). The van der Waals surface area contributed by atoms with Crippen molar-refractivity contribution in [3.8, 4) is 0 Å². The minimum absolute atomic E-state index is 0.146. The van der Waals surface area contributed by atoms with Gasteiger partial charge in [-0.25, -0.2) is 9.78 Å². The standard InChI is InChI=1S/C12H18N4O4/c1-8(17)14-4-2-3-11(18)16-10(12(19)20)5-9-6-13-7-15-9/h6-7,10H,2-5H2,1H3,(H,13,15)(H,14,17)(H,16,18)(H,19,20)/t10-/m0/s1. The molecule has 0 aromatic carbocycles. The summed E-state index contributed by atoms with van der Waals surface area (Å²) in [6, 6.07) is -0.997. The highest BCUT2D eigenvalue weighted by Gasteiger charge is 2.20. The molecule has 4 N–H and O–H groups in total. The van der Waals surface area contributed by atoms with Crippen LogP contribution < -0.4 is 10.6 Å². The summed E-state index contributed by atoms with van der Waals surface area (Å²) in [4.78, 5) is 39.9. The number of carboxylic acid groups (broad SMARTS) is 1. The molecule has 1 heterocycles. The second kappa shape index (κ2) is 7.93. The maximum absolute atomic E-state index is 11.6. The Labute approximate surface area is 116 Å². The Morgan fingerprint density at radius 2 is 2.20 bits per heavy atom. The number of aliphatic carboxylic acids is 1. The molecule has 0 fully saturated rings. The molecule has 2 amide bonds. The normalized spacial score (nSPS) is 11.7. The van der Waals surface area contributed by atoms with Crippen LogP contribution in [-0.4, -0.2) is 45.4 Å². The van der Waals surface area contributed by atoms with Crippen molar-refractivity contribution in [2.24, 2.45) is 0 Å². The molecular weight excluding hydrogens is 264 g/mol. The molecular formula is C12H18N4O4. The van der Waals surface area contributed by atoms with Gasteiger partial charge < -0.3 is 20.7 Å². The molecule has 20 heavy (non-hydrogen) atoms. The zero-order valence-electron chi connectivity index (χ0n) is 11.2. The predicted molar refractivity (Wildman–Crippen MR) is 69.8 cm³/mol. The third kappa shape index (κ3) is 5.98. The minimum atomic E-state index is -1.10. The van der Waals surface area contributed by atoms with Crippen LogP contribution in [-0.2, 0) is 20.8 Å². The van der Waals surface area contributed by atoms with Crippen LogP contribution in [0.25, 0.3) is 0 Å². The van der Waals surface area contributed by atoms with Crippen molar-refractivity contribution in [3.63, 3.8) is 0 Å². The van der Waals surface area contributed by atoms with Crippen LogP contribution in [0.4, 0.5) is 0 Å². The number of H-pyrrole nitrogens is 1. The largest absolute Gasteiger partial charge is 0.480 e. The summed E-state index contributed by atoms with van der Waals surface area (Å²) in [5, 5.41) is 14.1. The predicted octanol–water partition coefficient (Wildman–Crippen LogP) is -0.562. The van der Waals surface area contributed by atoms with E-state index in [4.69, 9.17) is 5.11 Å². The van der Waals surface area contributed by atoms with Crippen molar-refractivity contribution in [1.82, 2.24) is 20.6 Å². The summed E-state index contributed by atoms with van der Waals surface area (Å²) in [6.45, 7) is 1.78. The van der Waals surface area contributed by atoms with Gasteiger partial charge >= 0.3 is 5.97 Å². The molecule has 0 unspecified atom stereocenters. The van der Waals surface area contributed by atoms with E-state index in [0.717, 1.165) is 0 Å². The molecule has 0 aliphatic carbocycles. The highest BCUT2D eigenvalue weighted by Crippen LogP contribution is 2.00. The van der Waals surface area contributed by atoms with Crippen LogP contribution in [0.1, 0.15) is 25.5 Å². The monoisotopic (exact) mass is 282 g/mol. The zero-order chi connectivity index (χ0) is 15.0. The van der Waals surface area contributed by atoms with Gasteiger partial charge in [0.25, 0.3) is 0 Å². The summed E-state index contributed by atoms with van der Waals surface area (Å²) in [5.41, 5.74) is 0.635. The smallest absolute Gasteiger partial charge is 0.326 e. The average molecular weight is 282 g/mol. The van der Waals surface area contributed by atoms with E-state index in [1.54, 1.807) is 0 Å². The van der Waals surface area contributed by atoms with Gasteiger partial charge in [-0.1, -0.05) is 0 Å². The molecule has 110 valence electrons. The molecule has 8 heteroatoms. The summed E-state index contributed by atoms with van der Waals surface area (Å²) < 4.78 is 0. The first-order chi connectivity index (χ1) is 9.49. The third-order valence-corrected chi connectivity index (χ3v) is 2.57. The molecule has 0 radical (unpaired) electrons. The van der Waals surface area contributed by atoms with Gasteiger partial charge in [-0.15, -0.1) is 0 Å². The second-order valence-corrected chi connectivity index (χ2v) is 4.33. The Morgan fingerprint density at radius 3 is 2.75 bits per heavy atom. The van der Waals surface area contributed by atoms with Crippen LogP contribution in [0.2, 0.25) is 0 Å². The minimum Gasteiger partial charge on any atom is -0.480 e. The van der Waals surface area contributed by atoms with E-state index in [0.29, 0.717) is 18.7 Å². The molecule has 0 bridgehead atoms. The summed E-state index contributed by atoms with van der Waals surface area (Å²) in [6.07, 6.45) is 3.73. The van der Waals surface area contributed by atoms with E-state index in [1.165, 1.54) is 19.4 Å². The molecule has 8 nitrogen and oxygen atoms in total. The SMILES string of the molecule is CC(=O)NCCCC(=O)N[C@@H](Cc1cnc[nH]1)C(=O)O. The van der Waals surface area contributed by atoms with Crippen molar-refractivity contribution >= 4 is 17.8 Å². The van der Waals surface area contributed by atoms with Crippen LogP contribution in [0.5, 0.6) is 0 Å². The number of aromatic nitrogens is 2. The van der Waals surface area contributed by atoms with Gasteiger partial charge in [0, 0.05) is 38.2 Å². The van der Waals surface area contributed by atoms with Gasteiger partial charge in [0.15, 0.2) is 0 Å². The first kappa shape index (κ1) is 15.7. The number of amides is 2. The number of aromatic amines is 1. The fourth-order valence-electron chi connectivity index (χ4n) is 1.60. The summed E-state index contributed by atoms with van der Waals surface area (Å²) >= 11 is 0. The fourth-order valence-corrected chi connectivity index (χ4v) is 1.60. The van der Waals surface area contributed by atoms with Gasteiger partial charge in [0.05, 0.1) is 6.33 Å². The van der Waals surface area contributed by atoms with Gasteiger partial charge in [-0.2, -0.15) is 0 Å². The van der Waals surface area contributed by atoms with Gasteiger partial charge in [-0.3, -0.25) is 9.59 Å². The van der Waals surface area contributed by atoms with Crippen molar-refractivity contribution in [3.05, 3.63) is 18.2 Å². The van der Waals surface area contributed by atoms with Crippen molar-refractivity contribution < 1.29 is 19.5 Å². The van der Waals surface area contributed by atoms with E-state index in [2.05, 4.69) is 20.6 Å². The van der Waals surface area contributed by atoms with Gasteiger partial charge in [-0.05, 0) is 6.42 Å². The summed E-state index contributed by atoms with van der Waals surface area (Å²) in [7, 11) is 0. The van der Waals surface area contributed by atoms with Crippen LogP contribution in [0.3, 0.4) is 0 Å².